The van der Waals surface area contributed by atoms with E-state index >= 15 is 0 Å². The van der Waals surface area contributed by atoms with Crippen molar-refractivity contribution in [3.63, 3.8) is 0 Å². The first-order valence-corrected chi connectivity index (χ1v) is 6.57. The summed E-state index contributed by atoms with van der Waals surface area (Å²) in [5, 5.41) is 5.48. The van der Waals surface area contributed by atoms with Crippen LogP contribution in [0.2, 0.25) is 0 Å². The monoisotopic (exact) mass is 256 g/mol. The zero-order valence-corrected chi connectivity index (χ0v) is 11.5. The largest absolute Gasteiger partial charge is 0.356 e. The molecule has 5 nitrogen and oxygen atoms in total. The van der Waals surface area contributed by atoms with Gasteiger partial charge in [-0.3, -0.25) is 14.4 Å². The van der Waals surface area contributed by atoms with Crippen LogP contribution in [0.4, 0.5) is 0 Å². The van der Waals surface area contributed by atoms with Crippen LogP contribution in [0.25, 0.3) is 0 Å². The molecule has 0 aromatic rings. The minimum Gasteiger partial charge on any atom is -0.356 e. The maximum Gasteiger partial charge on any atom is 0.220 e. The molecule has 0 bridgehead atoms. The highest BCUT2D eigenvalue weighted by Crippen LogP contribution is 2.02. The fourth-order valence-electron chi connectivity index (χ4n) is 1.50. The lowest BCUT2D eigenvalue weighted by molar-refractivity contribution is -0.126. The average Bonchev–Trinajstić information content (AvgIpc) is 2.35. The highest BCUT2D eigenvalue weighted by molar-refractivity contribution is 5.87. The number of amides is 2. The third-order valence-electron chi connectivity index (χ3n) is 2.71. The fraction of sp³-hybridized carbons (Fsp3) is 0.769. The van der Waals surface area contributed by atoms with E-state index in [4.69, 9.17) is 0 Å². The van der Waals surface area contributed by atoms with E-state index in [1.807, 2.05) is 0 Å². The Hall–Kier alpha value is -1.39. The number of rotatable bonds is 9. The molecule has 1 atom stereocenters. The first kappa shape index (κ1) is 16.6. The van der Waals surface area contributed by atoms with Crippen molar-refractivity contribution >= 4 is 17.6 Å². The second-order valence-corrected chi connectivity index (χ2v) is 4.28. The molecule has 0 radical (unpaired) electrons. The Kier molecular flexibility index (Phi) is 8.88. The molecule has 0 fully saturated rings. The minimum atomic E-state index is -0.390. The molecule has 0 spiro atoms. The molecule has 0 aliphatic carbocycles. The second kappa shape index (κ2) is 9.62. The number of carbonyl (C=O) groups excluding carboxylic acids is 3. The molecule has 0 heterocycles. The first-order chi connectivity index (χ1) is 8.51. The van der Waals surface area contributed by atoms with Gasteiger partial charge in [0.1, 0.15) is 0 Å². The van der Waals surface area contributed by atoms with E-state index in [-0.39, 0.29) is 23.6 Å². The Morgan fingerprint density at radius 3 is 2.11 bits per heavy atom. The number of hydrogen-bond donors (Lipinski definition) is 2. The number of unbranched alkanes of at least 4 members (excludes halogenated alkanes) is 1. The van der Waals surface area contributed by atoms with Gasteiger partial charge in [-0.05, 0) is 26.2 Å². The fourth-order valence-corrected chi connectivity index (χ4v) is 1.50. The lowest BCUT2D eigenvalue weighted by Crippen LogP contribution is -2.39. The van der Waals surface area contributed by atoms with Gasteiger partial charge >= 0.3 is 0 Å². The molecule has 5 heteroatoms. The van der Waals surface area contributed by atoms with Gasteiger partial charge in [-0.15, -0.1) is 0 Å². The van der Waals surface area contributed by atoms with E-state index in [0.717, 1.165) is 12.8 Å². The molecule has 0 rings (SSSR count). The summed E-state index contributed by atoms with van der Waals surface area (Å²) in [7, 11) is 0. The van der Waals surface area contributed by atoms with Crippen molar-refractivity contribution in [2.45, 2.75) is 58.9 Å². The molecule has 0 aromatic heterocycles. The van der Waals surface area contributed by atoms with Crippen molar-refractivity contribution in [3.05, 3.63) is 0 Å². The summed E-state index contributed by atoms with van der Waals surface area (Å²) in [5.74, 6) is -0.0821. The number of hydrogen-bond acceptors (Lipinski definition) is 3. The van der Waals surface area contributed by atoms with E-state index in [2.05, 4.69) is 10.6 Å². The van der Waals surface area contributed by atoms with E-state index in [0.29, 0.717) is 25.8 Å². The zero-order chi connectivity index (χ0) is 14.0. The first-order valence-electron chi connectivity index (χ1n) is 6.57. The lowest BCUT2D eigenvalue weighted by Gasteiger charge is -2.15. The van der Waals surface area contributed by atoms with Gasteiger partial charge in [-0.25, -0.2) is 0 Å². The van der Waals surface area contributed by atoms with Crippen LogP contribution in [0.3, 0.4) is 0 Å². The Balaban J connectivity index is 3.81. The molecule has 1 unspecified atom stereocenters. The predicted molar refractivity (Wildman–Crippen MR) is 70.1 cm³/mol. The molecule has 0 aliphatic rings. The molecule has 2 N–H and O–H groups in total. The average molecular weight is 256 g/mol. The molecule has 18 heavy (non-hydrogen) atoms. The van der Waals surface area contributed by atoms with Gasteiger partial charge in [0, 0.05) is 19.4 Å². The lowest BCUT2D eigenvalue weighted by atomic mass is 10.1. The number of Topliss-reactive ketones (excluding diaryl/α,β-unsaturated/α-hetero) is 1. The smallest absolute Gasteiger partial charge is 0.220 e. The van der Waals surface area contributed by atoms with Gasteiger partial charge < -0.3 is 10.6 Å². The second-order valence-electron chi connectivity index (χ2n) is 4.28. The third kappa shape index (κ3) is 7.81. The van der Waals surface area contributed by atoms with E-state index in [1.54, 1.807) is 13.8 Å². The number of ketones is 1. The summed E-state index contributed by atoms with van der Waals surface area (Å²) >= 11 is 0. The number of nitrogens with one attached hydrogen (secondary N) is 2. The summed E-state index contributed by atoms with van der Waals surface area (Å²) in [4.78, 5) is 33.5. The molecule has 2 amide bonds. The van der Waals surface area contributed by atoms with Crippen molar-refractivity contribution in [1.29, 1.82) is 0 Å². The van der Waals surface area contributed by atoms with Gasteiger partial charge in [0.2, 0.25) is 11.8 Å². The van der Waals surface area contributed by atoms with Gasteiger partial charge in [0.15, 0.2) is 5.78 Å². The summed E-state index contributed by atoms with van der Waals surface area (Å²) in [6, 6.07) is -0.390. The van der Waals surface area contributed by atoms with Crippen molar-refractivity contribution in [2.24, 2.45) is 0 Å². The minimum absolute atomic E-state index is 0.0191. The van der Waals surface area contributed by atoms with Crippen LogP contribution in [0.1, 0.15) is 52.9 Å². The van der Waals surface area contributed by atoms with Crippen molar-refractivity contribution in [3.8, 4) is 0 Å². The Labute approximate surface area is 109 Å². The molecular formula is C13H24N2O3. The maximum absolute atomic E-state index is 11.3. The Bertz CT molecular complexity index is 290. The molecule has 104 valence electrons. The van der Waals surface area contributed by atoms with Gasteiger partial charge in [0.05, 0.1) is 6.04 Å². The third-order valence-corrected chi connectivity index (χ3v) is 2.71. The van der Waals surface area contributed by atoms with Crippen LogP contribution in [-0.4, -0.2) is 30.2 Å². The molecule has 0 aliphatic heterocycles. The molecular weight excluding hydrogens is 232 g/mol. The Morgan fingerprint density at radius 2 is 1.61 bits per heavy atom. The van der Waals surface area contributed by atoms with Gasteiger partial charge in [-0.2, -0.15) is 0 Å². The topological polar surface area (TPSA) is 75.3 Å². The van der Waals surface area contributed by atoms with Crippen LogP contribution in [0.15, 0.2) is 0 Å². The van der Waals surface area contributed by atoms with Crippen LogP contribution in [-0.2, 0) is 14.4 Å². The van der Waals surface area contributed by atoms with Crippen LogP contribution in [0, 0.1) is 0 Å². The van der Waals surface area contributed by atoms with E-state index in [1.165, 1.54) is 6.92 Å². The van der Waals surface area contributed by atoms with Crippen LogP contribution < -0.4 is 10.6 Å². The van der Waals surface area contributed by atoms with Gasteiger partial charge in [-0.1, -0.05) is 13.8 Å². The van der Waals surface area contributed by atoms with E-state index in [9.17, 15) is 14.4 Å². The quantitative estimate of drug-likeness (QED) is 0.608. The van der Waals surface area contributed by atoms with E-state index < -0.39 is 0 Å². The summed E-state index contributed by atoms with van der Waals surface area (Å²) in [6.45, 7) is 5.67. The Morgan fingerprint density at radius 1 is 1.00 bits per heavy atom. The SMILES string of the molecule is CCC(=O)NCCCCC(NC(=O)CC)C(C)=O. The normalized spacial score (nSPS) is 11.7. The predicted octanol–water partition coefficient (Wildman–Crippen LogP) is 1.17. The highest BCUT2D eigenvalue weighted by Gasteiger charge is 2.15. The zero-order valence-electron chi connectivity index (χ0n) is 11.5. The van der Waals surface area contributed by atoms with Crippen molar-refractivity contribution < 1.29 is 14.4 Å². The molecule has 0 aromatic carbocycles. The standard InChI is InChI=1S/C13H24N2O3/c1-4-12(17)14-9-7-6-8-11(10(3)16)15-13(18)5-2/h11H,4-9H2,1-3H3,(H,14,17)(H,15,18). The highest BCUT2D eigenvalue weighted by atomic mass is 16.2. The van der Waals surface area contributed by atoms with Crippen molar-refractivity contribution in [1.82, 2.24) is 10.6 Å². The van der Waals surface area contributed by atoms with Crippen LogP contribution >= 0.6 is 0 Å². The molecule has 0 saturated heterocycles. The van der Waals surface area contributed by atoms with Crippen LogP contribution in [0.5, 0.6) is 0 Å². The van der Waals surface area contributed by atoms with Crippen molar-refractivity contribution in [2.75, 3.05) is 6.54 Å². The number of carbonyl (C=O) groups is 3. The molecule has 0 saturated carbocycles. The summed E-state index contributed by atoms with van der Waals surface area (Å²) in [6.07, 6.45) is 3.12. The summed E-state index contributed by atoms with van der Waals surface area (Å²) in [5.41, 5.74) is 0. The van der Waals surface area contributed by atoms with Gasteiger partial charge in [0.25, 0.3) is 0 Å². The maximum atomic E-state index is 11.3. The summed E-state index contributed by atoms with van der Waals surface area (Å²) < 4.78 is 0.